The topological polar surface area (TPSA) is 75.4 Å². The zero-order valence-electron chi connectivity index (χ0n) is 11.0. The molecule has 1 heterocycles. The van der Waals surface area contributed by atoms with Crippen LogP contribution in [-0.4, -0.2) is 45.5 Å². The summed E-state index contributed by atoms with van der Waals surface area (Å²) in [6, 6.07) is 8.75. The maximum atomic E-state index is 12.0. The minimum atomic E-state index is -3.37. The second-order valence-corrected chi connectivity index (χ2v) is 6.66. The summed E-state index contributed by atoms with van der Waals surface area (Å²) in [5, 5.41) is 0. The van der Waals surface area contributed by atoms with E-state index in [1.165, 1.54) is 0 Å². The van der Waals surface area contributed by atoms with Crippen molar-refractivity contribution in [2.75, 3.05) is 26.2 Å². The Balaban J connectivity index is 1.79. The van der Waals surface area contributed by atoms with Crippen LogP contribution in [0.4, 0.5) is 0 Å². The number of benzene rings is 1. The maximum Gasteiger partial charge on any atom is 0.240 e. The number of hydrogen-bond donors (Lipinski definition) is 2. The van der Waals surface area contributed by atoms with Gasteiger partial charge in [-0.1, -0.05) is 18.2 Å². The third-order valence-corrected chi connectivity index (χ3v) is 4.88. The first kappa shape index (κ1) is 14.5. The van der Waals surface area contributed by atoms with Crippen LogP contribution in [0.5, 0.6) is 0 Å². The summed E-state index contributed by atoms with van der Waals surface area (Å²) >= 11 is 0. The monoisotopic (exact) mass is 283 g/mol. The van der Waals surface area contributed by atoms with Crippen molar-refractivity contribution in [1.29, 1.82) is 0 Å². The van der Waals surface area contributed by atoms with Crippen LogP contribution in [-0.2, 0) is 10.0 Å². The van der Waals surface area contributed by atoms with Crippen molar-refractivity contribution >= 4 is 10.0 Å². The van der Waals surface area contributed by atoms with Crippen molar-refractivity contribution in [3.05, 3.63) is 30.3 Å². The number of piperidine rings is 1. The fourth-order valence-corrected chi connectivity index (χ4v) is 3.24. The highest BCUT2D eigenvalue weighted by Gasteiger charge is 2.17. The standard InChI is InChI=1S/C13H21N3O2S/c14-12-6-9-16(10-7-12)11-8-15-19(17,18)13-4-2-1-3-5-13/h1-5,12,15H,6-11,14H2. The Morgan fingerprint density at radius 1 is 1.21 bits per heavy atom. The van der Waals surface area contributed by atoms with Gasteiger partial charge in [-0.15, -0.1) is 0 Å². The van der Waals surface area contributed by atoms with Crippen LogP contribution < -0.4 is 10.5 Å². The number of hydrogen-bond acceptors (Lipinski definition) is 4. The van der Waals surface area contributed by atoms with Crippen LogP contribution in [0.15, 0.2) is 35.2 Å². The lowest BCUT2D eigenvalue weighted by Gasteiger charge is -2.29. The number of sulfonamides is 1. The van der Waals surface area contributed by atoms with Crippen LogP contribution in [0, 0.1) is 0 Å². The van der Waals surface area contributed by atoms with Gasteiger partial charge >= 0.3 is 0 Å². The Morgan fingerprint density at radius 3 is 2.47 bits per heavy atom. The molecule has 1 fully saturated rings. The first-order valence-electron chi connectivity index (χ1n) is 6.60. The molecule has 1 aliphatic heterocycles. The minimum absolute atomic E-state index is 0.303. The van der Waals surface area contributed by atoms with Crippen molar-refractivity contribution in [3.8, 4) is 0 Å². The Bertz CT molecular complexity index is 482. The molecule has 5 nitrogen and oxygen atoms in total. The zero-order valence-corrected chi connectivity index (χ0v) is 11.8. The lowest BCUT2D eigenvalue weighted by atomic mass is 10.1. The van der Waals surface area contributed by atoms with Crippen molar-refractivity contribution in [2.24, 2.45) is 5.73 Å². The van der Waals surface area contributed by atoms with Crippen LogP contribution in [0.1, 0.15) is 12.8 Å². The molecule has 0 aliphatic carbocycles. The molecular formula is C13H21N3O2S. The molecule has 1 aliphatic rings. The van der Waals surface area contributed by atoms with E-state index in [0.29, 0.717) is 17.5 Å². The summed E-state index contributed by atoms with van der Waals surface area (Å²) < 4.78 is 26.6. The molecule has 0 aromatic heterocycles. The molecule has 0 radical (unpaired) electrons. The Morgan fingerprint density at radius 2 is 1.84 bits per heavy atom. The van der Waals surface area contributed by atoms with Crippen molar-refractivity contribution in [3.63, 3.8) is 0 Å². The van der Waals surface area contributed by atoms with E-state index in [1.807, 2.05) is 0 Å². The lowest BCUT2D eigenvalue weighted by molar-refractivity contribution is 0.217. The first-order valence-corrected chi connectivity index (χ1v) is 8.09. The van der Waals surface area contributed by atoms with Crippen molar-refractivity contribution in [2.45, 2.75) is 23.8 Å². The molecule has 0 spiro atoms. The average Bonchev–Trinajstić information content (AvgIpc) is 2.42. The molecule has 1 aromatic carbocycles. The normalized spacial score (nSPS) is 18.6. The van der Waals surface area contributed by atoms with E-state index in [4.69, 9.17) is 5.73 Å². The molecule has 0 bridgehead atoms. The van der Waals surface area contributed by atoms with E-state index in [2.05, 4.69) is 9.62 Å². The van der Waals surface area contributed by atoms with E-state index in [0.717, 1.165) is 32.5 Å². The molecular weight excluding hydrogens is 262 g/mol. The van der Waals surface area contributed by atoms with E-state index >= 15 is 0 Å². The smallest absolute Gasteiger partial charge is 0.240 e. The highest BCUT2D eigenvalue weighted by molar-refractivity contribution is 7.89. The van der Waals surface area contributed by atoms with E-state index < -0.39 is 10.0 Å². The molecule has 106 valence electrons. The molecule has 3 N–H and O–H groups in total. The van der Waals surface area contributed by atoms with Crippen LogP contribution in [0.3, 0.4) is 0 Å². The predicted octanol–water partition coefficient (Wildman–Crippen LogP) is 0.388. The van der Waals surface area contributed by atoms with Gasteiger partial charge in [0.25, 0.3) is 0 Å². The first-order chi connectivity index (χ1) is 9.08. The molecule has 1 aromatic rings. The number of rotatable bonds is 5. The van der Waals surface area contributed by atoms with Crippen molar-refractivity contribution in [1.82, 2.24) is 9.62 Å². The molecule has 19 heavy (non-hydrogen) atoms. The molecule has 6 heteroatoms. The third kappa shape index (κ3) is 4.28. The minimum Gasteiger partial charge on any atom is -0.328 e. The largest absolute Gasteiger partial charge is 0.328 e. The summed E-state index contributed by atoms with van der Waals surface area (Å²) in [4.78, 5) is 2.56. The second-order valence-electron chi connectivity index (χ2n) is 4.89. The Hall–Kier alpha value is -0.950. The highest BCUT2D eigenvalue weighted by atomic mass is 32.2. The van der Waals surface area contributed by atoms with Gasteiger partial charge in [0.1, 0.15) is 0 Å². The molecule has 0 saturated carbocycles. The highest BCUT2D eigenvalue weighted by Crippen LogP contribution is 2.08. The van der Waals surface area contributed by atoms with E-state index in [9.17, 15) is 8.42 Å². The third-order valence-electron chi connectivity index (χ3n) is 3.41. The van der Waals surface area contributed by atoms with Gasteiger partial charge in [-0.2, -0.15) is 0 Å². The van der Waals surface area contributed by atoms with Gasteiger partial charge in [0, 0.05) is 19.1 Å². The number of nitrogens with one attached hydrogen (secondary N) is 1. The Kier molecular flexibility index (Phi) is 4.93. The van der Waals surface area contributed by atoms with E-state index in [1.54, 1.807) is 30.3 Å². The average molecular weight is 283 g/mol. The van der Waals surface area contributed by atoms with Gasteiger partial charge in [-0.3, -0.25) is 0 Å². The van der Waals surface area contributed by atoms with Crippen molar-refractivity contribution < 1.29 is 8.42 Å². The molecule has 1 saturated heterocycles. The molecule has 0 atom stereocenters. The quantitative estimate of drug-likeness (QED) is 0.819. The summed E-state index contributed by atoms with van der Waals surface area (Å²) in [6.45, 7) is 3.08. The summed E-state index contributed by atoms with van der Waals surface area (Å²) in [5.74, 6) is 0. The van der Waals surface area contributed by atoms with Gasteiger partial charge in [0.2, 0.25) is 10.0 Å². The maximum absolute atomic E-state index is 12.0. The van der Waals surface area contributed by atoms with Gasteiger partial charge in [-0.25, -0.2) is 13.1 Å². The lowest BCUT2D eigenvalue weighted by Crippen LogP contribution is -2.43. The predicted molar refractivity (Wildman–Crippen MR) is 75.3 cm³/mol. The van der Waals surface area contributed by atoms with Gasteiger partial charge < -0.3 is 10.6 Å². The van der Waals surface area contributed by atoms with Crippen LogP contribution in [0.2, 0.25) is 0 Å². The Labute approximate surface area is 114 Å². The van der Waals surface area contributed by atoms with Gasteiger partial charge in [0.05, 0.1) is 4.90 Å². The number of nitrogens with zero attached hydrogens (tertiary/aromatic N) is 1. The summed E-state index contributed by atoms with van der Waals surface area (Å²) in [7, 11) is -3.37. The second kappa shape index (κ2) is 6.47. The fraction of sp³-hybridized carbons (Fsp3) is 0.538. The number of nitrogens with two attached hydrogens (primary N) is 1. The van der Waals surface area contributed by atoms with Gasteiger partial charge in [0.15, 0.2) is 0 Å². The SMILES string of the molecule is NC1CCN(CCNS(=O)(=O)c2ccccc2)CC1. The van der Waals surface area contributed by atoms with Crippen LogP contribution >= 0.6 is 0 Å². The summed E-state index contributed by atoms with van der Waals surface area (Å²) in [5.41, 5.74) is 5.83. The molecule has 0 unspecified atom stereocenters. The molecule has 2 rings (SSSR count). The van der Waals surface area contributed by atoms with Crippen LogP contribution in [0.25, 0.3) is 0 Å². The summed E-state index contributed by atoms with van der Waals surface area (Å²) in [6.07, 6.45) is 1.98. The molecule has 0 amide bonds. The fourth-order valence-electron chi connectivity index (χ4n) is 2.20. The van der Waals surface area contributed by atoms with Gasteiger partial charge in [-0.05, 0) is 38.1 Å². The van der Waals surface area contributed by atoms with E-state index in [-0.39, 0.29) is 0 Å². The zero-order chi connectivity index (χ0) is 13.7. The number of likely N-dealkylation sites (tertiary alicyclic amines) is 1.